The van der Waals surface area contributed by atoms with E-state index in [0.29, 0.717) is 0 Å². The maximum absolute atomic E-state index is 5.12. The van der Waals surface area contributed by atoms with E-state index in [2.05, 4.69) is 86.7 Å². The summed E-state index contributed by atoms with van der Waals surface area (Å²) in [6.07, 6.45) is 18.8. The summed E-state index contributed by atoms with van der Waals surface area (Å²) in [5.41, 5.74) is 4.82. The van der Waals surface area contributed by atoms with Crippen LogP contribution in [0.2, 0.25) is 0 Å². The highest BCUT2D eigenvalue weighted by Gasteiger charge is 2.24. The van der Waals surface area contributed by atoms with Gasteiger partial charge in [-0.25, -0.2) is 0 Å². The lowest BCUT2D eigenvalue weighted by Gasteiger charge is -2.34. The van der Waals surface area contributed by atoms with Gasteiger partial charge >= 0.3 is 0 Å². The van der Waals surface area contributed by atoms with Crippen LogP contribution in [-0.2, 0) is 0 Å². The van der Waals surface area contributed by atoms with Crippen LogP contribution in [0.25, 0.3) is 6.08 Å². The highest BCUT2D eigenvalue weighted by molar-refractivity contribution is 6.02. The van der Waals surface area contributed by atoms with Crippen molar-refractivity contribution in [2.24, 2.45) is 4.99 Å². The number of nitrogens with zero attached hydrogens (tertiary/aromatic N) is 2. The molecule has 1 heterocycles. The first-order valence-corrected chi connectivity index (χ1v) is 9.61. The smallest absolute Gasteiger partial charge is 0.136 e. The van der Waals surface area contributed by atoms with Crippen molar-refractivity contribution in [3.05, 3.63) is 102 Å². The molecule has 2 nitrogen and oxygen atoms in total. The number of fused-ring (bicyclic) bond motifs is 1. The Bertz CT molecular complexity index is 864. The number of amidine groups is 1. The SMILES string of the molecule is C=C/C=C(\C=C)C(=NC(C)C1=CCCC=C1)N1C=Cc2ccccc2C1C. The standard InChI is InChI=1S/C25H28N2/c1-5-12-21(6-2)25(26-19(3)22-13-8-7-9-14-22)27-18-17-23-15-10-11-16-24(23)20(27)4/h5-6,8,10-20H,1-2,7,9H2,3-4H3/b21-12+,26-25?. The summed E-state index contributed by atoms with van der Waals surface area (Å²) in [6.45, 7) is 12.2. The molecule has 2 atom stereocenters. The summed E-state index contributed by atoms with van der Waals surface area (Å²) in [6, 6.07) is 8.80. The fourth-order valence-electron chi connectivity index (χ4n) is 3.59. The summed E-state index contributed by atoms with van der Waals surface area (Å²) >= 11 is 0. The monoisotopic (exact) mass is 356 g/mol. The van der Waals surface area contributed by atoms with E-state index in [1.807, 2.05) is 12.2 Å². The molecule has 1 aliphatic carbocycles. The molecule has 0 fully saturated rings. The van der Waals surface area contributed by atoms with E-state index in [9.17, 15) is 0 Å². The number of hydrogen-bond acceptors (Lipinski definition) is 1. The summed E-state index contributed by atoms with van der Waals surface area (Å²) in [5.74, 6) is 0.926. The molecule has 2 aliphatic rings. The molecular weight excluding hydrogens is 328 g/mol. The molecule has 1 aliphatic heterocycles. The highest BCUT2D eigenvalue weighted by atomic mass is 15.2. The van der Waals surface area contributed by atoms with Crippen LogP contribution in [0.4, 0.5) is 0 Å². The van der Waals surface area contributed by atoms with Crippen molar-refractivity contribution in [1.29, 1.82) is 0 Å². The van der Waals surface area contributed by atoms with E-state index in [1.54, 1.807) is 6.08 Å². The summed E-state index contributed by atoms with van der Waals surface area (Å²) in [4.78, 5) is 7.36. The maximum Gasteiger partial charge on any atom is 0.136 e. The van der Waals surface area contributed by atoms with Crippen LogP contribution < -0.4 is 0 Å². The molecule has 0 aromatic heterocycles. The van der Waals surface area contributed by atoms with Crippen molar-refractivity contribution in [3.63, 3.8) is 0 Å². The van der Waals surface area contributed by atoms with Gasteiger partial charge in [0.25, 0.3) is 0 Å². The fourth-order valence-corrected chi connectivity index (χ4v) is 3.59. The van der Waals surface area contributed by atoms with Crippen LogP contribution in [0.5, 0.6) is 0 Å². The highest BCUT2D eigenvalue weighted by Crippen LogP contribution is 2.32. The van der Waals surface area contributed by atoms with E-state index < -0.39 is 0 Å². The molecule has 3 rings (SSSR count). The molecule has 2 heteroatoms. The lowest BCUT2D eigenvalue weighted by atomic mass is 9.96. The van der Waals surface area contributed by atoms with Gasteiger partial charge in [0, 0.05) is 11.8 Å². The van der Waals surface area contributed by atoms with Crippen molar-refractivity contribution >= 4 is 11.9 Å². The Labute approximate surface area is 163 Å². The van der Waals surface area contributed by atoms with Gasteiger partial charge in [-0.15, -0.1) is 0 Å². The number of rotatable bonds is 5. The third-order valence-electron chi connectivity index (χ3n) is 5.12. The second-order valence-electron chi connectivity index (χ2n) is 6.90. The van der Waals surface area contributed by atoms with Gasteiger partial charge < -0.3 is 4.90 Å². The van der Waals surface area contributed by atoms with Gasteiger partial charge in [-0.1, -0.05) is 73.9 Å². The normalized spacial score (nSPS) is 20.7. The van der Waals surface area contributed by atoms with Gasteiger partial charge in [-0.05, 0) is 49.5 Å². The van der Waals surface area contributed by atoms with Crippen LogP contribution in [-0.4, -0.2) is 16.8 Å². The number of allylic oxidation sites excluding steroid dienone is 4. The predicted octanol–water partition coefficient (Wildman–Crippen LogP) is 6.40. The minimum atomic E-state index is 0.0856. The molecule has 0 radical (unpaired) electrons. The van der Waals surface area contributed by atoms with Gasteiger partial charge in [0.2, 0.25) is 0 Å². The molecule has 1 aromatic carbocycles. The van der Waals surface area contributed by atoms with Crippen LogP contribution in [0.3, 0.4) is 0 Å². The maximum atomic E-state index is 5.12. The fraction of sp³-hybridized carbons (Fsp3) is 0.240. The third-order valence-corrected chi connectivity index (χ3v) is 5.12. The molecule has 0 N–H and O–H groups in total. The summed E-state index contributed by atoms with van der Waals surface area (Å²) in [5, 5.41) is 0. The molecule has 0 saturated heterocycles. The molecule has 1 aromatic rings. The molecule has 138 valence electrons. The van der Waals surface area contributed by atoms with Crippen molar-refractivity contribution in [2.75, 3.05) is 0 Å². The Kier molecular flexibility index (Phi) is 6.08. The third kappa shape index (κ3) is 4.11. The van der Waals surface area contributed by atoms with E-state index in [1.165, 1.54) is 16.7 Å². The first-order chi connectivity index (χ1) is 13.2. The van der Waals surface area contributed by atoms with Gasteiger partial charge in [0.1, 0.15) is 5.84 Å². The van der Waals surface area contributed by atoms with Gasteiger partial charge in [-0.2, -0.15) is 0 Å². The second-order valence-corrected chi connectivity index (χ2v) is 6.90. The summed E-state index contributed by atoms with van der Waals surface area (Å²) in [7, 11) is 0. The zero-order valence-electron chi connectivity index (χ0n) is 16.3. The van der Waals surface area contributed by atoms with Crippen LogP contribution in [0.15, 0.2) is 96.2 Å². The Balaban J connectivity index is 2.03. The zero-order valence-corrected chi connectivity index (χ0v) is 16.3. The first kappa shape index (κ1) is 18.9. The Hall–Kier alpha value is -2.87. The van der Waals surface area contributed by atoms with Crippen molar-refractivity contribution in [1.82, 2.24) is 4.90 Å². The van der Waals surface area contributed by atoms with E-state index >= 15 is 0 Å². The second kappa shape index (κ2) is 8.68. The number of aliphatic imine (C=N–C) groups is 1. The van der Waals surface area contributed by atoms with Crippen molar-refractivity contribution < 1.29 is 0 Å². The number of hydrogen-bond donors (Lipinski definition) is 0. The minimum Gasteiger partial charge on any atom is -0.326 e. The van der Waals surface area contributed by atoms with Crippen molar-refractivity contribution in [2.45, 2.75) is 38.8 Å². The van der Waals surface area contributed by atoms with Gasteiger partial charge in [0.05, 0.1) is 12.1 Å². The van der Waals surface area contributed by atoms with E-state index in [-0.39, 0.29) is 12.1 Å². The first-order valence-electron chi connectivity index (χ1n) is 9.61. The quantitative estimate of drug-likeness (QED) is 0.339. The molecule has 0 bridgehead atoms. The van der Waals surface area contributed by atoms with Crippen LogP contribution in [0, 0.1) is 0 Å². The topological polar surface area (TPSA) is 15.6 Å². The van der Waals surface area contributed by atoms with Crippen LogP contribution >= 0.6 is 0 Å². The average molecular weight is 357 g/mol. The largest absolute Gasteiger partial charge is 0.326 e. The Morgan fingerprint density at radius 2 is 2.04 bits per heavy atom. The lowest BCUT2D eigenvalue weighted by Crippen LogP contribution is -2.33. The Morgan fingerprint density at radius 3 is 2.74 bits per heavy atom. The molecule has 0 amide bonds. The zero-order chi connectivity index (χ0) is 19.2. The number of benzene rings is 1. The average Bonchev–Trinajstić information content (AvgIpc) is 2.72. The van der Waals surface area contributed by atoms with Crippen LogP contribution in [0.1, 0.15) is 43.9 Å². The lowest BCUT2D eigenvalue weighted by molar-refractivity contribution is 0.437. The predicted molar refractivity (Wildman–Crippen MR) is 118 cm³/mol. The van der Waals surface area contributed by atoms with E-state index in [4.69, 9.17) is 4.99 Å². The summed E-state index contributed by atoms with van der Waals surface area (Å²) < 4.78 is 0. The minimum absolute atomic E-state index is 0.0856. The van der Waals surface area contributed by atoms with Gasteiger partial charge in [-0.3, -0.25) is 4.99 Å². The van der Waals surface area contributed by atoms with Crippen molar-refractivity contribution in [3.8, 4) is 0 Å². The molecular formula is C25H28N2. The molecule has 0 spiro atoms. The molecule has 2 unspecified atom stereocenters. The molecule has 0 saturated carbocycles. The van der Waals surface area contributed by atoms with Gasteiger partial charge in [0.15, 0.2) is 0 Å². The Morgan fingerprint density at radius 1 is 1.22 bits per heavy atom. The molecule has 27 heavy (non-hydrogen) atoms. The van der Waals surface area contributed by atoms with E-state index in [0.717, 1.165) is 24.3 Å².